The standard InChI is InChI=1S/C16H12N4O3/c21-16(12-5-3-6-14(9-12)20(22)23)19-17-10-13-8-11-4-1-2-7-15(11)18-13/h1-10,18H,(H,19,21). The number of hydrogen-bond donors (Lipinski definition) is 2. The lowest BCUT2D eigenvalue weighted by Crippen LogP contribution is -2.17. The Morgan fingerprint density at radius 1 is 1.17 bits per heavy atom. The summed E-state index contributed by atoms with van der Waals surface area (Å²) in [7, 11) is 0. The molecule has 7 heteroatoms. The number of nitrogens with zero attached hydrogens (tertiary/aromatic N) is 2. The zero-order valence-corrected chi connectivity index (χ0v) is 11.9. The van der Waals surface area contributed by atoms with Gasteiger partial charge in [-0.05, 0) is 18.2 Å². The molecule has 1 aromatic heterocycles. The number of aromatic amines is 1. The molecular formula is C16H12N4O3. The fraction of sp³-hybridized carbons (Fsp3) is 0. The van der Waals surface area contributed by atoms with E-state index in [-0.39, 0.29) is 11.3 Å². The van der Waals surface area contributed by atoms with Gasteiger partial charge in [0.15, 0.2) is 0 Å². The highest BCUT2D eigenvalue weighted by atomic mass is 16.6. The Morgan fingerprint density at radius 3 is 2.78 bits per heavy atom. The predicted molar refractivity (Wildman–Crippen MR) is 86.5 cm³/mol. The van der Waals surface area contributed by atoms with Crippen molar-refractivity contribution in [2.24, 2.45) is 5.10 Å². The molecule has 0 spiro atoms. The van der Waals surface area contributed by atoms with Crippen molar-refractivity contribution >= 4 is 28.7 Å². The second-order valence-corrected chi connectivity index (χ2v) is 4.82. The van der Waals surface area contributed by atoms with Crippen molar-refractivity contribution in [2.75, 3.05) is 0 Å². The van der Waals surface area contributed by atoms with E-state index >= 15 is 0 Å². The van der Waals surface area contributed by atoms with Gasteiger partial charge in [0.1, 0.15) is 0 Å². The average molecular weight is 308 g/mol. The van der Waals surface area contributed by atoms with E-state index in [4.69, 9.17) is 0 Å². The van der Waals surface area contributed by atoms with Crippen LogP contribution >= 0.6 is 0 Å². The van der Waals surface area contributed by atoms with Gasteiger partial charge in [0.05, 0.1) is 16.8 Å². The zero-order valence-electron chi connectivity index (χ0n) is 11.9. The minimum Gasteiger partial charge on any atom is -0.354 e. The van der Waals surface area contributed by atoms with Crippen LogP contribution in [-0.4, -0.2) is 22.0 Å². The maximum absolute atomic E-state index is 11.9. The van der Waals surface area contributed by atoms with Crippen LogP contribution in [0.4, 0.5) is 5.69 Å². The summed E-state index contributed by atoms with van der Waals surface area (Å²) >= 11 is 0. The lowest BCUT2D eigenvalue weighted by Gasteiger charge is -1.99. The largest absolute Gasteiger partial charge is 0.354 e. The van der Waals surface area contributed by atoms with Crippen LogP contribution < -0.4 is 5.43 Å². The lowest BCUT2D eigenvalue weighted by atomic mass is 10.2. The summed E-state index contributed by atoms with van der Waals surface area (Å²) in [6.45, 7) is 0. The van der Waals surface area contributed by atoms with E-state index in [1.165, 1.54) is 30.5 Å². The van der Waals surface area contributed by atoms with Gasteiger partial charge in [-0.25, -0.2) is 5.43 Å². The molecule has 0 atom stereocenters. The molecule has 0 unspecified atom stereocenters. The molecule has 0 bridgehead atoms. The molecule has 2 N–H and O–H groups in total. The summed E-state index contributed by atoms with van der Waals surface area (Å²) in [5.74, 6) is -0.513. The van der Waals surface area contributed by atoms with Crippen LogP contribution in [-0.2, 0) is 0 Å². The molecule has 3 aromatic rings. The zero-order chi connectivity index (χ0) is 16.2. The fourth-order valence-electron chi connectivity index (χ4n) is 2.15. The number of hydrazone groups is 1. The van der Waals surface area contributed by atoms with Gasteiger partial charge in [0.2, 0.25) is 0 Å². The molecule has 3 rings (SSSR count). The molecule has 0 saturated carbocycles. The Balaban J connectivity index is 1.70. The van der Waals surface area contributed by atoms with Crippen LogP contribution in [0.2, 0.25) is 0 Å². The highest BCUT2D eigenvalue weighted by Crippen LogP contribution is 2.14. The fourth-order valence-corrected chi connectivity index (χ4v) is 2.15. The number of para-hydroxylation sites is 1. The van der Waals surface area contributed by atoms with E-state index in [0.717, 1.165) is 16.6 Å². The van der Waals surface area contributed by atoms with Crippen molar-refractivity contribution in [1.82, 2.24) is 10.4 Å². The second kappa shape index (κ2) is 6.10. The molecule has 0 aliphatic heterocycles. The number of nitro benzene ring substituents is 1. The number of aromatic nitrogens is 1. The van der Waals surface area contributed by atoms with Crippen LogP contribution in [0.15, 0.2) is 59.7 Å². The molecule has 1 amide bonds. The number of nitrogens with one attached hydrogen (secondary N) is 2. The molecule has 7 nitrogen and oxygen atoms in total. The maximum Gasteiger partial charge on any atom is 0.271 e. The van der Waals surface area contributed by atoms with Crippen molar-refractivity contribution in [3.8, 4) is 0 Å². The molecule has 114 valence electrons. The molecule has 0 aliphatic carbocycles. The highest BCUT2D eigenvalue weighted by molar-refractivity contribution is 5.96. The molecule has 0 fully saturated rings. The molecule has 0 radical (unpaired) electrons. The predicted octanol–water partition coefficient (Wildman–Crippen LogP) is 2.84. The van der Waals surface area contributed by atoms with E-state index in [0.29, 0.717) is 0 Å². The first-order chi connectivity index (χ1) is 11.1. The summed E-state index contributed by atoms with van der Waals surface area (Å²) in [4.78, 5) is 25.2. The third-order valence-corrected chi connectivity index (χ3v) is 3.24. The molecule has 23 heavy (non-hydrogen) atoms. The molecule has 0 aliphatic rings. The van der Waals surface area contributed by atoms with Crippen LogP contribution in [0.1, 0.15) is 16.1 Å². The SMILES string of the molecule is O=C(NN=Cc1cc2ccccc2[nH]1)c1cccc([N+](=O)[O-])c1. The van der Waals surface area contributed by atoms with Crippen molar-refractivity contribution < 1.29 is 9.72 Å². The van der Waals surface area contributed by atoms with Crippen LogP contribution in [0.25, 0.3) is 10.9 Å². The second-order valence-electron chi connectivity index (χ2n) is 4.82. The molecule has 1 heterocycles. The van der Waals surface area contributed by atoms with E-state index in [1.54, 1.807) is 0 Å². The molecular weight excluding hydrogens is 296 g/mol. The number of carbonyl (C=O) groups is 1. The Bertz CT molecular complexity index is 881. The number of benzene rings is 2. The number of H-pyrrole nitrogens is 1. The Kier molecular flexibility index (Phi) is 3.84. The Hall–Kier alpha value is -3.48. The quantitative estimate of drug-likeness (QED) is 0.440. The summed E-state index contributed by atoms with van der Waals surface area (Å²) in [6, 6.07) is 15.1. The Morgan fingerprint density at radius 2 is 2.00 bits per heavy atom. The van der Waals surface area contributed by atoms with Crippen molar-refractivity contribution in [2.45, 2.75) is 0 Å². The van der Waals surface area contributed by atoms with Crippen molar-refractivity contribution in [3.05, 3.63) is 76.0 Å². The van der Waals surface area contributed by atoms with Gasteiger partial charge in [-0.1, -0.05) is 24.3 Å². The van der Waals surface area contributed by atoms with E-state index < -0.39 is 10.8 Å². The lowest BCUT2D eigenvalue weighted by molar-refractivity contribution is -0.384. The minimum atomic E-state index is -0.551. The number of fused-ring (bicyclic) bond motifs is 1. The summed E-state index contributed by atoms with van der Waals surface area (Å²) in [5, 5.41) is 15.6. The van der Waals surface area contributed by atoms with Crippen molar-refractivity contribution in [3.63, 3.8) is 0 Å². The normalized spacial score (nSPS) is 11.0. The first-order valence-electron chi connectivity index (χ1n) is 6.79. The van der Waals surface area contributed by atoms with Crippen molar-refractivity contribution in [1.29, 1.82) is 0 Å². The van der Waals surface area contributed by atoms with Gasteiger partial charge in [0, 0.05) is 28.6 Å². The van der Waals surface area contributed by atoms with Gasteiger partial charge in [-0.3, -0.25) is 14.9 Å². The van der Waals surface area contributed by atoms with Gasteiger partial charge < -0.3 is 4.98 Å². The van der Waals surface area contributed by atoms with Crippen LogP contribution in [0.5, 0.6) is 0 Å². The van der Waals surface area contributed by atoms with Crippen LogP contribution in [0, 0.1) is 10.1 Å². The minimum absolute atomic E-state index is 0.141. The topological polar surface area (TPSA) is 100 Å². The van der Waals surface area contributed by atoms with Crippen LogP contribution in [0.3, 0.4) is 0 Å². The van der Waals surface area contributed by atoms with Gasteiger partial charge in [0.25, 0.3) is 11.6 Å². The summed E-state index contributed by atoms with van der Waals surface area (Å²) < 4.78 is 0. The monoisotopic (exact) mass is 308 g/mol. The first-order valence-corrected chi connectivity index (χ1v) is 6.79. The number of carbonyl (C=O) groups excluding carboxylic acids is 1. The molecule has 0 saturated heterocycles. The average Bonchev–Trinajstić information content (AvgIpc) is 2.97. The van der Waals surface area contributed by atoms with E-state index in [9.17, 15) is 14.9 Å². The third-order valence-electron chi connectivity index (χ3n) is 3.24. The summed E-state index contributed by atoms with van der Waals surface area (Å²) in [5.41, 5.74) is 4.09. The summed E-state index contributed by atoms with van der Waals surface area (Å²) in [6.07, 6.45) is 1.48. The maximum atomic E-state index is 11.9. The highest BCUT2D eigenvalue weighted by Gasteiger charge is 2.10. The van der Waals surface area contributed by atoms with E-state index in [2.05, 4.69) is 15.5 Å². The Labute approximate surface area is 130 Å². The van der Waals surface area contributed by atoms with Gasteiger partial charge >= 0.3 is 0 Å². The first kappa shape index (κ1) is 14.5. The van der Waals surface area contributed by atoms with Gasteiger partial charge in [-0.2, -0.15) is 5.10 Å². The number of non-ortho nitro benzene ring substituents is 1. The smallest absolute Gasteiger partial charge is 0.271 e. The van der Waals surface area contributed by atoms with Gasteiger partial charge in [-0.15, -0.1) is 0 Å². The van der Waals surface area contributed by atoms with E-state index in [1.807, 2.05) is 30.3 Å². The number of amides is 1. The number of nitro groups is 1. The number of hydrogen-bond acceptors (Lipinski definition) is 4. The third kappa shape index (κ3) is 3.24. The number of rotatable bonds is 4. The molecule has 2 aromatic carbocycles.